The summed E-state index contributed by atoms with van der Waals surface area (Å²) < 4.78 is 5.27. The molecule has 8 nitrogen and oxygen atoms in total. The lowest BCUT2D eigenvalue weighted by Gasteiger charge is -2.29. The average Bonchev–Trinajstić information content (AvgIpc) is 2.87. The van der Waals surface area contributed by atoms with Crippen molar-refractivity contribution >= 4 is 17.8 Å². The Morgan fingerprint density at radius 1 is 0.895 bits per heavy atom. The first-order valence-corrected chi connectivity index (χ1v) is 14.9. The van der Waals surface area contributed by atoms with Gasteiger partial charge in [-0.3, -0.25) is 14.4 Å². The fraction of sp³-hybridized carbons (Fsp3) is 0.900. The van der Waals surface area contributed by atoms with Gasteiger partial charge in [0.15, 0.2) is 0 Å². The Balaban J connectivity index is 4.87. The van der Waals surface area contributed by atoms with E-state index in [1.165, 1.54) is 51.4 Å². The van der Waals surface area contributed by atoms with Gasteiger partial charge in [-0.25, -0.2) is 0 Å². The first-order chi connectivity index (χ1) is 17.9. The van der Waals surface area contributed by atoms with Crippen molar-refractivity contribution in [2.24, 2.45) is 17.3 Å². The summed E-state index contributed by atoms with van der Waals surface area (Å²) >= 11 is 0. The molecule has 3 atom stereocenters. The summed E-state index contributed by atoms with van der Waals surface area (Å²) in [5.41, 5.74) is -1.00. The molecule has 0 saturated heterocycles. The number of ether oxygens (including phenoxy) is 1. The summed E-state index contributed by atoms with van der Waals surface area (Å²) in [5.74, 6) is -2.33. The van der Waals surface area contributed by atoms with Gasteiger partial charge >= 0.3 is 11.9 Å². The van der Waals surface area contributed by atoms with Crippen molar-refractivity contribution in [3.63, 3.8) is 0 Å². The smallest absolute Gasteiger partial charge is 0.308 e. The maximum atomic E-state index is 12.7. The van der Waals surface area contributed by atoms with E-state index in [-0.39, 0.29) is 25.5 Å². The Bertz CT molecular complexity index is 653. The zero-order valence-electron chi connectivity index (χ0n) is 25.2. The zero-order chi connectivity index (χ0) is 29.0. The van der Waals surface area contributed by atoms with E-state index in [2.05, 4.69) is 19.2 Å². The largest absolute Gasteiger partial charge is 0.481 e. The topological polar surface area (TPSA) is 116 Å². The highest BCUT2D eigenvalue weighted by atomic mass is 16.5. The molecule has 0 radical (unpaired) electrons. The quantitative estimate of drug-likeness (QED) is 0.110. The van der Waals surface area contributed by atoms with Gasteiger partial charge in [0.2, 0.25) is 5.91 Å². The number of carboxylic acids is 1. The van der Waals surface area contributed by atoms with Gasteiger partial charge in [-0.15, -0.1) is 0 Å². The number of carbonyl (C=O) groups excluding carboxylic acids is 2. The second-order valence-electron chi connectivity index (χ2n) is 11.9. The first kappa shape index (κ1) is 36.3. The Labute approximate surface area is 232 Å². The standard InChI is InChI=1S/C30H58N2O6/c1-7-9-11-13-14-16-18-24(17-15-12-10-8-2)21-25(29(36)37)22-31-28(35)27(34)30(3,4)23-38-26(33)19-20-32(5)6/h24-25,27,34H,7-23H2,1-6H3,(H,31,35)(H,36,37)/t24?,25?,27-/m0/s1. The molecule has 0 bridgehead atoms. The number of aliphatic hydroxyl groups excluding tert-OH is 1. The molecule has 0 aliphatic heterocycles. The third-order valence-corrected chi connectivity index (χ3v) is 7.28. The third-order valence-electron chi connectivity index (χ3n) is 7.28. The zero-order valence-corrected chi connectivity index (χ0v) is 25.2. The fourth-order valence-electron chi connectivity index (χ4n) is 4.53. The Morgan fingerprint density at radius 3 is 1.95 bits per heavy atom. The Hall–Kier alpha value is -1.67. The van der Waals surface area contributed by atoms with Crippen LogP contribution in [0.1, 0.15) is 118 Å². The summed E-state index contributed by atoms with van der Waals surface area (Å²) in [5, 5.41) is 23.1. The minimum Gasteiger partial charge on any atom is -0.481 e. The lowest BCUT2D eigenvalue weighted by atomic mass is 9.85. The second kappa shape index (κ2) is 21.2. The van der Waals surface area contributed by atoms with Crippen LogP contribution in [0.3, 0.4) is 0 Å². The molecule has 0 aromatic carbocycles. The summed E-state index contributed by atoms with van der Waals surface area (Å²) in [6, 6.07) is 0. The fourth-order valence-corrected chi connectivity index (χ4v) is 4.53. The van der Waals surface area contributed by atoms with Gasteiger partial charge in [0.1, 0.15) is 6.10 Å². The molecular formula is C30H58N2O6. The highest BCUT2D eigenvalue weighted by molar-refractivity contribution is 5.82. The Kier molecular flexibility index (Phi) is 20.3. The molecule has 38 heavy (non-hydrogen) atoms. The minimum atomic E-state index is -1.42. The molecule has 0 spiro atoms. The molecule has 8 heteroatoms. The van der Waals surface area contributed by atoms with Crippen LogP contribution in [0.25, 0.3) is 0 Å². The predicted molar refractivity (Wildman–Crippen MR) is 153 cm³/mol. The third kappa shape index (κ3) is 17.8. The van der Waals surface area contributed by atoms with Crippen LogP contribution in [0, 0.1) is 17.3 Å². The molecule has 3 N–H and O–H groups in total. The van der Waals surface area contributed by atoms with E-state index >= 15 is 0 Å². The van der Waals surface area contributed by atoms with Crippen molar-refractivity contribution in [2.45, 2.75) is 124 Å². The normalized spacial score (nSPS) is 14.2. The van der Waals surface area contributed by atoms with Gasteiger partial charge in [-0.1, -0.05) is 105 Å². The molecule has 2 unspecified atom stereocenters. The van der Waals surface area contributed by atoms with Crippen molar-refractivity contribution in [2.75, 3.05) is 33.8 Å². The van der Waals surface area contributed by atoms with Crippen molar-refractivity contribution in [1.82, 2.24) is 10.2 Å². The lowest BCUT2D eigenvalue weighted by molar-refractivity contribution is -0.153. The molecule has 0 saturated carbocycles. The molecule has 224 valence electrons. The van der Waals surface area contributed by atoms with E-state index in [1.807, 2.05) is 19.0 Å². The number of nitrogens with one attached hydrogen (secondary N) is 1. The maximum Gasteiger partial charge on any atom is 0.308 e. The monoisotopic (exact) mass is 542 g/mol. The molecule has 0 fully saturated rings. The number of nitrogens with zero attached hydrogens (tertiary/aromatic N) is 1. The molecule has 0 aliphatic rings. The molecule has 1 amide bonds. The second-order valence-corrected chi connectivity index (χ2v) is 11.9. The van der Waals surface area contributed by atoms with Crippen LogP contribution in [-0.2, 0) is 19.1 Å². The number of aliphatic carboxylic acids is 1. The predicted octanol–water partition coefficient (Wildman–Crippen LogP) is 5.41. The number of hydrogen-bond donors (Lipinski definition) is 3. The van der Waals surface area contributed by atoms with Gasteiger partial charge in [0, 0.05) is 18.5 Å². The summed E-state index contributed by atoms with van der Waals surface area (Å²) in [6.45, 7) is 8.12. The molecular weight excluding hydrogens is 484 g/mol. The van der Waals surface area contributed by atoms with Gasteiger partial charge in [0.05, 0.1) is 18.9 Å². The average molecular weight is 543 g/mol. The molecule has 0 aromatic rings. The van der Waals surface area contributed by atoms with Gasteiger partial charge < -0.3 is 25.2 Å². The van der Waals surface area contributed by atoms with Gasteiger partial charge in [-0.2, -0.15) is 0 Å². The minimum absolute atomic E-state index is 0.0219. The van der Waals surface area contributed by atoms with Crippen LogP contribution >= 0.6 is 0 Å². The number of carbonyl (C=O) groups is 3. The van der Waals surface area contributed by atoms with Crippen LogP contribution in [0.15, 0.2) is 0 Å². The highest BCUT2D eigenvalue weighted by Crippen LogP contribution is 2.26. The molecule has 0 rings (SSSR count). The number of aliphatic hydroxyl groups is 1. The van der Waals surface area contributed by atoms with Gasteiger partial charge in [-0.05, 0) is 26.4 Å². The lowest BCUT2D eigenvalue weighted by Crippen LogP contribution is -2.48. The summed E-state index contributed by atoms with van der Waals surface area (Å²) in [4.78, 5) is 38.6. The number of esters is 1. The van der Waals surface area contributed by atoms with Crippen molar-refractivity contribution in [1.29, 1.82) is 0 Å². The van der Waals surface area contributed by atoms with E-state index in [4.69, 9.17) is 4.74 Å². The first-order valence-electron chi connectivity index (χ1n) is 14.9. The summed E-state index contributed by atoms with van der Waals surface area (Å²) in [7, 11) is 3.72. The molecule has 0 aromatic heterocycles. The number of amides is 1. The van der Waals surface area contributed by atoms with E-state index in [9.17, 15) is 24.6 Å². The Morgan fingerprint density at radius 2 is 1.42 bits per heavy atom. The number of rotatable bonds is 24. The van der Waals surface area contributed by atoms with Crippen LogP contribution in [0.2, 0.25) is 0 Å². The number of hydrogen-bond acceptors (Lipinski definition) is 6. The van der Waals surface area contributed by atoms with E-state index < -0.39 is 29.3 Å². The van der Waals surface area contributed by atoms with Crippen molar-refractivity contribution < 1.29 is 29.3 Å². The van der Waals surface area contributed by atoms with Crippen molar-refractivity contribution in [3.05, 3.63) is 0 Å². The van der Waals surface area contributed by atoms with Gasteiger partial charge in [0.25, 0.3) is 0 Å². The van der Waals surface area contributed by atoms with Crippen LogP contribution in [0.4, 0.5) is 0 Å². The number of carboxylic acid groups (broad SMARTS) is 1. The number of unbranched alkanes of at least 4 members (excludes halogenated alkanes) is 8. The van der Waals surface area contributed by atoms with Crippen LogP contribution < -0.4 is 5.32 Å². The molecule has 0 heterocycles. The van der Waals surface area contributed by atoms with Crippen molar-refractivity contribution in [3.8, 4) is 0 Å². The maximum absolute atomic E-state index is 12.7. The SMILES string of the molecule is CCCCCCCCC(CCCCCC)CC(CNC(=O)[C@H](O)C(C)(C)COC(=O)CCN(C)C)C(=O)O. The molecule has 0 aliphatic carbocycles. The van der Waals surface area contributed by atoms with E-state index in [1.54, 1.807) is 13.8 Å². The van der Waals surface area contributed by atoms with E-state index in [0.29, 0.717) is 18.9 Å². The highest BCUT2D eigenvalue weighted by Gasteiger charge is 2.35. The van der Waals surface area contributed by atoms with Crippen LogP contribution in [0.5, 0.6) is 0 Å². The van der Waals surface area contributed by atoms with E-state index in [0.717, 1.165) is 25.7 Å². The van der Waals surface area contributed by atoms with Crippen LogP contribution in [-0.4, -0.2) is 72.9 Å². The summed E-state index contributed by atoms with van der Waals surface area (Å²) in [6.07, 6.45) is 13.3.